The molecule has 3 rings (SSSR count). The second-order valence-corrected chi connectivity index (χ2v) is 7.46. The summed E-state index contributed by atoms with van der Waals surface area (Å²) in [4.78, 5) is 18.2. The maximum absolute atomic E-state index is 12.3. The average Bonchev–Trinajstić information content (AvgIpc) is 2.90. The van der Waals surface area contributed by atoms with E-state index >= 15 is 0 Å². The summed E-state index contributed by atoms with van der Waals surface area (Å²) in [6.07, 6.45) is 1.33. The normalized spacial score (nSPS) is 20.0. The van der Waals surface area contributed by atoms with Crippen molar-refractivity contribution >= 4 is 11.9 Å². The van der Waals surface area contributed by atoms with Crippen molar-refractivity contribution < 1.29 is 9.53 Å². The predicted molar refractivity (Wildman–Crippen MR) is 98.3 cm³/mol. The molecule has 2 heterocycles. The maximum Gasteiger partial charge on any atom is 0.416 e. The Morgan fingerprint density at radius 1 is 1.08 bits per heavy atom. The molecule has 0 spiro atoms. The zero-order valence-electron chi connectivity index (χ0n) is 15.0. The van der Waals surface area contributed by atoms with Crippen molar-refractivity contribution in [3.05, 3.63) is 59.8 Å². The Labute approximate surface area is 148 Å². The third kappa shape index (κ3) is 3.51. The molecule has 2 aromatic rings. The molecule has 0 aliphatic carbocycles. The van der Waals surface area contributed by atoms with Gasteiger partial charge in [0, 0.05) is 22.7 Å². The Bertz CT molecular complexity index is 826. The monoisotopic (exact) mass is 334 g/mol. The Morgan fingerprint density at radius 3 is 2.32 bits per heavy atom. The molecule has 4 heteroatoms. The SMILES string of the molecule is CC(C)(C)C1(C)CN(c2ccc(C#Cc3ccccc3)cn2)C(=O)O1. The van der Waals surface area contributed by atoms with Gasteiger partial charge in [-0.2, -0.15) is 0 Å². The number of amides is 1. The van der Waals surface area contributed by atoms with Gasteiger partial charge in [-0.3, -0.25) is 4.90 Å². The molecule has 1 fully saturated rings. The van der Waals surface area contributed by atoms with Crippen LogP contribution in [0.15, 0.2) is 48.7 Å². The first kappa shape index (κ1) is 17.0. The lowest BCUT2D eigenvalue weighted by molar-refractivity contribution is -0.0152. The van der Waals surface area contributed by atoms with E-state index in [9.17, 15) is 4.79 Å². The number of hydrogen-bond donors (Lipinski definition) is 0. The first-order valence-corrected chi connectivity index (χ1v) is 8.32. The fraction of sp³-hybridized carbons (Fsp3) is 0.333. The Kier molecular flexibility index (Phi) is 4.26. The molecule has 25 heavy (non-hydrogen) atoms. The van der Waals surface area contributed by atoms with Gasteiger partial charge < -0.3 is 4.74 Å². The number of benzene rings is 1. The highest BCUT2D eigenvalue weighted by molar-refractivity contribution is 5.89. The minimum absolute atomic E-state index is 0.154. The molecular formula is C21H22N2O2. The lowest BCUT2D eigenvalue weighted by Gasteiger charge is -2.35. The van der Waals surface area contributed by atoms with E-state index in [-0.39, 0.29) is 11.5 Å². The molecule has 128 valence electrons. The van der Waals surface area contributed by atoms with Gasteiger partial charge in [-0.1, -0.05) is 50.8 Å². The standard InChI is InChI=1S/C21H22N2O2/c1-20(2,3)21(4)15-23(19(24)25-21)18-13-12-17(14-22-18)11-10-16-8-6-5-7-9-16/h5-9,12-14H,15H2,1-4H3. The summed E-state index contributed by atoms with van der Waals surface area (Å²) in [5.41, 5.74) is 1.06. The fourth-order valence-corrected chi connectivity index (χ4v) is 2.50. The summed E-state index contributed by atoms with van der Waals surface area (Å²) >= 11 is 0. The van der Waals surface area contributed by atoms with Crippen LogP contribution >= 0.6 is 0 Å². The third-order valence-corrected chi connectivity index (χ3v) is 4.73. The Morgan fingerprint density at radius 2 is 1.76 bits per heavy atom. The summed E-state index contributed by atoms with van der Waals surface area (Å²) in [6.45, 7) is 8.65. The van der Waals surface area contributed by atoms with Crippen molar-refractivity contribution in [1.82, 2.24) is 4.98 Å². The Hall–Kier alpha value is -2.80. The molecule has 1 atom stereocenters. The topological polar surface area (TPSA) is 42.4 Å². The molecule has 4 nitrogen and oxygen atoms in total. The molecule has 0 radical (unpaired) electrons. The molecule has 1 amide bonds. The summed E-state index contributed by atoms with van der Waals surface area (Å²) in [7, 11) is 0. The zero-order chi connectivity index (χ0) is 18.1. The molecule has 1 aliphatic heterocycles. The Balaban J connectivity index is 1.77. The van der Waals surface area contributed by atoms with Crippen molar-refractivity contribution in [2.24, 2.45) is 5.41 Å². The summed E-state index contributed by atoms with van der Waals surface area (Å²) in [5.74, 6) is 6.77. The van der Waals surface area contributed by atoms with Crippen LogP contribution in [0.1, 0.15) is 38.8 Å². The van der Waals surface area contributed by atoms with Gasteiger partial charge in [0.1, 0.15) is 11.4 Å². The highest BCUT2D eigenvalue weighted by atomic mass is 16.6. The number of rotatable bonds is 1. The predicted octanol–water partition coefficient (Wildman–Crippen LogP) is 4.24. The van der Waals surface area contributed by atoms with Crippen LogP contribution in [0.25, 0.3) is 0 Å². The van der Waals surface area contributed by atoms with Crippen molar-refractivity contribution in [3.63, 3.8) is 0 Å². The van der Waals surface area contributed by atoms with Gasteiger partial charge in [0.15, 0.2) is 0 Å². The fourth-order valence-electron chi connectivity index (χ4n) is 2.50. The minimum atomic E-state index is -0.544. The number of anilines is 1. The van der Waals surface area contributed by atoms with Crippen molar-refractivity contribution in [1.29, 1.82) is 0 Å². The van der Waals surface area contributed by atoms with E-state index in [2.05, 4.69) is 37.6 Å². The second kappa shape index (κ2) is 6.25. The summed E-state index contributed by atoms with van der Waals surface area (Å²) in [6, 6.07) is 13.5. The second-order valence-electron chi connectivity index (χ2n) is 7.46. The molecule has 1 saturated heterocycles. The molecule has 0 saturated carbocycles. The largest absolute Gasteiger partial charge is 0.440 e. The van der Waals surface area contributed by atoms with E-state index in [0.717, 1.165) is 11.1 Å². The highest BCUT2D eigenvalue weighted by Gasteiger charge is 2.50. The van der Waals surface area contributed by atoms with Gasteiger partial charge in [0.25, 0.3) is 0 Å². The number of aromatic nitrogens is 1. The zero-order valence-corrected chi connectivity index (χ0v) is 15.0. The van der Waals surface area contributed by atoms with Gasteiger partial charge in [-0.15, -0.1) is 0 Å². The molecule has 0 bridgehead atoms. The van der Waals surface area contributed by atoms with Gasteiger partial charge in [-0.25, -0.2) is 9.78 Å². The third-order valence-electron chi connectivity index (χ3n) is 4.73. The molecule has 1 aromatic carbocycles. The van der Waals surface area contributed by atoms with Crippen molar-refractivity contribution in [2.45, 2.75) is 33.3 Å². The minimum Gasteiger partial charge on any atom is -0.440 e. The van der Waals surface area contributed by atoms with E-state index in [1.807, 2.05) is 49.4 Å². The summed E-state index contributed by atoms with van der Waals surface area (Å²) < 4.78 is 5.63. The molecular weight excluding hydrogens is 312 g/mol. The van der Waals surface area contributed by atoms with Gasteiger partial charge in [0.2, 0.25) is 0 Å². The molecule has 0 N–H and O–H groups in total. The van der Waals surface area contributed by atoms with Crippen LogP contribution in [-0.2, 0) is 4.74 Å². The number of carbonyl (C=O) groups excluding carboxylic acids is 1. The number of cyclic esters (lactones) is 1. The van der Waals surface area contributed by atoms with Crippen LogP contribution in [0.5, 0.6) is 0 Å². The van der Waals surface area contributed by atoms with E-state index < -0.39 is 5.60 Å². The van der Waals surface area contributed by atoms with Gasteiger partial charge in [0.05, 0.1) is 6.54 Å². The number of ether oxygens (including phenoxy) is 1. The van der Waals surface area contributed by atoms with E-state index in [0.29, 0.717) is 12.4 Å². The molecule has 1 aliphatic rings. The van der Waals surface area contributed by atoms with Crippen LogP contribution in [0.3, 0.4) is 0 Å². The van der Waals surface area contributed by atoms with E-state index in [1.54, 1.807) is 11.1 Å². The van der Waals surface area contributed by atoms with E-state index in [1.165, 1.54) is 0 Å². The van der Waals surface area contributed by atoms with Crippen LogP contribution < -0.4 is 4.90 Å². The van der Waals surface area contributed by atoms with E-state index in [4.69, 9.17) is 4.74 Å². The number of pyridine rings is 1. The van der Waals surface area contributed by atoms with Crippen molar-refractivity contribution in [2.75, 3.05) is 11.4 Å². The number of hydrogen-bond acceptors (Lipinski definition) is 3. The van der Waals surface area contributed by atoms with Crippen LogP contribution in [0.4, 0.5) is 10.6 Å². The van der Waals surface area contributed by atoms with Crippen LogP contribution in [0, 0.1) is 17.3 Å². The van der Waals surface area contributed by atoms with Gasteiger partial charge >= 0.3 is 6.09 Å². The van der Waals surface area contributed by atoms with Crippen LogP contribution in [0.2, 0.25) is 0 Å². The highest BCUT2D eigenvalue weighted by Crippen LogP contribution is 2.39. The lowest BCUT2D eigenvalue weighted by Crippen LogP contribution is -2.43. The smallest absolute Gasteiger partial charge is 0.416 e. The quantitative estimate of drug-likeness (QED) is 0.733. The van der Waals surface area contributed by atoms with Crippen molar-refractivity contribution in [3.8, 4) is 11.8 Å². The van der Waals surface area contributed by atoms with Crippen LogP contribution in [-0.4, -0.2) is 23.2 Å². The summed E-state index contributed by atoms with van der Waals surface area (Å²) in [5, 5.41) is 0. The molecule has 1 unspecified atom stereocenters. The first-order chi connectivity index (χ1) is 11.8. The van der Waals surface area contributed by atoms with Gasteiger partial charge in [-0.05, 0) is 31.2 Å². The lowest BCUT2D eigenvalue weighted by atomic mass is 9.78. The molecule has 1 aromatic heterocycles. The average molecular weight is 334 g/mol. The maximum atomic E-state index is 12.3. The number of carbonyl (C=O) groups is 1. The number of nitrogens with zero attached hydrogens (tertiary/aromatic N) is 2. The first-order valence-electron chi connectivity index (χ1n) is 8.32.